The monoisotopic (exact) mass is 461 g/mol. The molecule has 0 aliphatic heterocycles. The van der Waals surface area contributed by atoms with E-state index in [4.69, 9.17) is 9.97 Å². The summed E-state index contributed by atoms with van der Waals surface area (Å²) < 4.78 is 2.10. The van der Waals surface area contributed by atoms with E-state index >= 15 is 0 Å². The summed E-state index contributed by atoms with van der Waals surface area (Å²) in [6.45, 7) is 3.14. The molecule has 2 aromatic carbocycles. The van der Waals surface area contributed by atoms with E-state index in [2.05, 4.69) is 95.4 Å². The minimum Gasteiger partial charge on any atom is -0.349 e. The van der Waals surface area contributed by atoms with Gasteiger partial charge in [-0.15, -0.1) is 4.68 Å². The molecule has 5 nitrogen and oxygen atoms in total. The predicted molar refractivity (Wildman–Crippen MR) is 139 cm³/mol. The highest BCUT2D eigenvalue weighted by Gasteiger charge is 2.38. The second kappa shape index (κ2) is 8.75. The molecule has 0 radical (unpaired) electrons. The average Bonchev–Trinajstić information content (AvgIpc) is 3.36. The number of fused-ring (bicyclic) bond motifs is 1. The van der Waals surface area contributed by atoms with Crippen LogP contribution in [0.4, 0.5) is 0 Å². The summed E-state index contributed by atoms with van der Waals surface area (Å²) in [5, 5.41) is 4.39. The highest BCUT2D eigenvalue weighted by Crippen LogP contribution is 2.39. The molecule has 5 heteroatoms. The first kappa shape index (κ1) is 21.7. The smallest absolute Gasteiger partial charge is 0.204 e. The Morgan fingerprint density at radius 2 is 1.77 bits per heavy atom. The van der Waals surface area contributed by atoms with E-state index in [1.54, 1.807) is 0 Å². The molecule has 35 heavy (non-hydrogen) atoms. The summed E-state index contributed by atoms with van der Waals surface area (Å²) >= 11 is 0. The third-order valence-electron chi connectivity index (χ3n) is 7.31. The van der Waals surface area contributed by atoms with Gasteiger partial charge in [0.05, 0.1) is 34.9 Å². The number of pyridine rings is 2. The molecule has 0 unspecified atom stereocenters. The molecule has 3 heterocycles. The Morgan fingerprint density at radius 1 is 0.971 bits per heavy atom. The lowest BCUT2D eigenvalue weighted by Gasteiger charge is -2.34. The Bertz CT molecular complexity index is 1480. The molecule has 1 aliphatic rings. The summed E-state index contributed by atoms with van der Waals surface area (Å²) in [5.74, 6) is 0. The quantitative estimate of drug-likeness (QED) is 0.338. The van der Waals surface area contributed by atoms with Crippen molar-refractivity contribution in [1.82, 2.24) is 15.1 Å². The maximum atomic E-state index is 5.13. The number of H-pyrrole nitrogens is 1. The van der Waals surface area contributed by atoms with E-state index in [1.807, 2.05) is 12.4 Å². The second-order valence-corrected chi connectivity index (χ2v) is 9.78. The fourth-order valence-electron chi connectivity index (χ4n) is 5.07. The topological polar surface area (TPSA) is 73.1 Å². The molecule has 1 fully saturated rings. The first-order valence-electron chi connectivity index (χ1n) is 12.5. The van der Waals surface area contributed by atoms with E-state index < -0.39 is 0 Å². The van der Waals surface area contributed by atoms with Crippen LogP contribution in [0, 0.1) is 0 Å². The molecule has 0 amide bonds. The zero-order valence-electron chi connectivity index (χ0n) is 20.2. The number of hydrogen-bond acceptors (Lipinski definition) is 2. The fourth-order valence-corrected chi connectivity index (χ4v) is 5.07. The van der Waals surface area contributed by atoms with Crippen molar-refractivity contribution in [2.45, 2.75) is 44.7 Å². The van der Waals surface area contributed by atoms with Gasteiger partial charge in [0.25, 0.3) is 0 Å². The van der Waals surface area contributed by atoms with Crippen LogP contribution in [0.1, 0.15) is 38.2 Å². The van der Waals surface area contributed by atoms with Gasteiger partial charge < -0.3 is 5.73 Å². The van der Waals surface area contributed by atoms with Crippen LogP contribution in [0.2, 0.25) is 0 Å². The molecule has 0 bridgehead atoms. The molecule has 0 atom stereocenters. The van der Waals surface area contributed by atoms with Crippen LogP contribution in [0.25, 0.3) is 44.5 Å². The predicted octanol–water partition coefficient (Wildman–Crippen LogP) is 5.28. The molecule has 3 aromatic heterocycles. The van der Waals surface area contributed by atoms with Crippen molar-refractivity contribution >= 4 is 10.9 Å². The molecule has 6 rings (SSSR count). The van der Waals surface area contributed by atoms with Crippen LogP contribution >= 0.6 is 0 Å². The van der Waals surface area contributed by atoms with Crippen molar-refractivity contribution in [2.75, 3.05) is 0 Å². The van der Waals surface area contributed by atoms with Crippen LogP contribution in [-0.2, 0) is 12.1 Å². The van der Waals surface area contributed by atoms with E-state index in [0.717, 1.165) is 57.5 Å². The summed E-state index contributed by atoms with van der Waals surface area (Å²) in [4.78, 5) is 9.87. The van der Waals surface area contributed by atoms with Crippen LogP contribution in [0.15, 0.2) is 85.3 Å². The first-order valence-corrected chi connectivity index (χ1v) is 12.5. The number of aromatic amines is 1. The van der Waals surface area contributed by atoms with Gasteiger partial charge in [0, 0.05) is 41.3 Å². The van der Waals surface area contributed by atoms with Gasteiger partial charge in [-0.3, -0.25) is 4.98 Å². The molecule has 1 saturated carbocycles. The minimum atomic E-state index is 0.0887. The molecule has 0 spiro atoms. The summed E-state index contributed by atoms with van der Waals surface area (Å²) in [6, 6.07) is 23.8. The van der Waals surface area contributed by atoms with Crippen molar-refractivity contribution < 1.29 is 10.4 Å². The van der Waals surface area contributed by atoms with Gasteiger partial charge in [0.1, 0.15) is 5.54 Å². The molecule has 0 saturated heterocycles. The molecular formula is C30H31N5+2. The summed E-state index contributed by atoms with van der Waals surface area (Å²) in [5.41, 5.74) is 13.2. The Kier molecular flexibility index (Phi) is 5.42. The van der Waals surface area contributed by atoms with Gasteiger partial charge in [-0.05, 0) is 24.1 Å². The number of quaternary nitrogens is 1. The first-order chi connectivity index (χ1) is 17.1. The number of rotatable bonds is 6. The molecule has 1 aliphatic carbocycles. The number of aryl methyl sites for hydroxylation is 1. The van der Waals surface area contributed by atoms with Gasteiger partial charge in [0.15, 0.2) is 6.54 Å². The zero-order valence-corrected chi connectivity index (χ0v) is 20.2. The summed E-state index contributed by atoms with van der Waals surface area (Å²) in [6.07, 6.45) is 10.7. The lowest BCUT2D eigenvalue weighted by molar-refractivity contribution is -0.749. The third kappa shape index (κ3) is 4.02. The number of benzene rings is 2. The highest BCUT2D eigenvalue weighted by atomic mass is 15.3. The van der Waals surface area contributed by atoms with E-state index in [0.29, 0.717) is 0 Å². The van der Waals surface area contributed by atoms with Crippen LogP contribution < -0.4 is 10.4 Å². The average molecular weight is 462 g/mol. The lowest BCUT2D eigenvalue weighted by atomic mass is 9.72. The van der Waals surface area contributed by atoms with Crippen LogP contribution in [0.5, 0.6) is 0 Å². The van der Waals surface area contributed by atoms with E-state index in [1.165, 1.54) is 24.8 Å². The Labute approximate surface area is 205 Å². The number of nitrogens with one attached hydrogen (secondary N) is 1. The maximum absolute atomic E-state index is 5.13. The number of aromatic nitrogens is 4. The third-order valence-corrected chi connectivity index (χ3v) is 7.31. The SMILES string of the molecule is CCC[n+]1cc(-c2cc3cc(-c4ccccc4)c(-c4ccc(C5([NH3+])CCC5)cc4)nc3cn2)c[nH]1. The van der Waals surface area contributed by atoms with Crippen LogP contribution in [-0.4, -0.2) is 15.1 Å². The Hall–Kier alpha value is -3.83. The van der Waals surface area contributed by atoms with Gasteiger partial charge in [-0.2, -0.15) is 5.10 Å². The van der Waals surface area contributed by atoms with Gasteiger partial charge in [-0.25, -0.2) is 4.98 Å². The zero-order chi connectivity index (χ0) is 23.8. The van der Waals surface area contributed by atoms with Crippen molar-refractivity contribution in [2.24, 2.45) is 0 Å². The van der Waals surface area contributed by atoms with E-state index in [-0.39, 0.29) is 5.54 Å². The summed E-state index contributed by atoms with van der Waals surface area (Å²) in [7, 11) is 0. The van der Waals surface area contributed by atoms with Crippen molar-refractivity contribution in [3.63, 3.8) is 0 Å². The second-order valence-electron chi connectivity index (χ2n) is 9.78. The number of hydrogen-bond donors (Lipinski definition) is 2. The van der Waals surface area contributed by atoms with Gasteiger partial charge in [-0.1, -0.05) is 61.5 Å². The largest absolute Gasteiger partial charge is 0.349 e. The standard InChI is InChI=1S/C30H29N5/c1-2-15-35-20-24(18-33-35)27-17-23-16-26(21-7-4-3-5-8-21)29(34-28(23)19-32-27)22-9-11-25(12-10-22)30(31)13-6-14-30/h3-5,7-12,16-20H,2,6,13-15,31H2,1H3/p+2. The van der Waals surface area contributed by atoms with Crippen molar-refractivity contribution in [3.05, 3.63) is 90.9 Å². The Morgan fingerprint density at radius 3 is 2.49 bits per heavy atom. The highest BCUT2D eigenvalue weighted by molar-refractivity contribution is 5.92. The van der Waals surface area contributed by atoms with Gasteiger partial charge in [0.2, 0.25) is 6.20 Å². The Balaban J connectivity index is 1.46. The van der Waals surface area contributed by atoms with Crippen LogP contribution in [0.3, 0.4) is 0 Å². The minimum absolute atomic E-state index is 0.0887. The molecular weight excluding hydrogens is 430 g/mol. The number of nitrogens with zero attached hydrogens (tertiary/aromatic N) is 3. The van der Waals surface area contributed by atoms with E-state index in [9.17, 15) is 0 Å². The maximum Gasteiger partial charge on any atom is 0.204 e. The van der Waals surface area contributed by atoms with Gasteiger partial charge >= 0.3 is 0 Å². The fraction of sp³-hybridized carbons (Fsp3) is 0.233. The molecule has 5 aromatic rings. The lowest BCUT2D eigenvalue weighted by Crippen LogP contribution is -2.73. The normalized spacial score (nSPS) is 14.7. The van der Waals surface area contributed by atoms with Crippen molar-refractivity contribution in [1.29, 1.82) is 0 Å². The van der Waals surface area contributed by atoms with Crippen molar-refractivity contribution in [3.8, 4) is 33.6 Å². The molecule has 174 valence electrons. The molecule has 4 N–H and O–H groups in total.